The van der Waals surface area contributed by atoms with Crippen molar-refractivity contribution < 1.29 is 18.7 Å². The molecule has 0 fully saturated rings. The van der Waals surface area contributed by atoms with Crippen molar-refractivity contribution in [3.63, 3.8) is 0 Å². The van der Waals surface area contributed by atoms with Gasteiger partial charge < -0.3 is 14.8 Å². The predicted molar refractivity (Wildman–Crippen MR) is 101 cm³/mol. The van der Waals surface area contributed by atoms with Crippen molar-refractivity contribution >= 4 is 23.2 Å². The van der Waals surface area contributed by atoms with Gasteiger partial charge in [-0.15, -0.1) is 0 Å². The SMILES string of the molecule is O=C(CCOc1ccc(F)cc1Cl)Nc1ccc(Oc2ccncc2)cc1. The van der Waals surface area contributed by atoms with Crippen LogP contribution in [0.2, 0.25) is 5.02 Å². The first kappa shape index (κ1) is 18.7. The Morgan fingerprint density at radius 2 is 1.74 bits per heavy atom. The number of nitrogens with one attached hydrogen (secondary N) is 1. The number of aromatic nitrogens is 1. The molecule has 3 aromatic rings. The van der Waals surface area contributed by atoms with Gasteiger partial charge in [-0.1, -0.05) is 11.6 Å². The zero-order chi connectivity index (χ0) is 19.1. The monoisotopic (exact) mass is 386 g/mol. The van der Waals surface area contributed by atoms with Gasteiger partial charge in [0.1, 0.15) is 23.1 Å². The highest BCUT2D eigenvalue weighted by Gasteiger charge is 2.06. The van der Waals surface area contributed by atoms with Gasteiger partial charge in [-0.05, 0) is 54.6 Å². The van der Waals surface area contributed by atoms with E-state index in [-0.39, 0.29) is 24.0 Å². The minimum Gasteiger partial charge on any atom is -0.491 e. The Bertz CT molecular complexity index is 905. The van der Waals surface area contributed by atoms with Crippen molar-refractivity contribution in [2.24, 2.45) is 0 Å². The number of benzene rings is 2. The number of halogens is 2. The van der Waals surface area contributed by atoms with Gasteiger partial charge >= 0.3 is 0 Å². The van der Waals surface area contributed by atoms with E-state index in [1.54, 1.807) is 48.8 Å². The summed E-state index contributed by atoms with van der Waals surface area (Å²) in [5.41, 5.74) is 0.641. The third-order valence-corrected chi connectivity index (χ3v) is 3.80. The summed E-state index contributed by atoms with van der Waals surface area (Å²) in [5.74, 6) is 1.01. The molecular formula is C20H16ClFN2O3. The van der Waals surface area contributed by atoms with Crippen LogP contribution in [-0.4, -0.2) is 17.5 Å². The smallest absolute Gasteiger partial charge is 0.227 e. The van der Waals surface area contributed by atoms with Crippen LogP contribution in [0.4, 0.5) is 10.1 Å². The van der Waals surface area contributed by atoms with E-state index in [2.05, 4.69) is 10.3 Å². The molecule has 0 aliphatic rings. The molecule has 0 saturated heterocycles. The number of carbonyl (C=O) groups is 1. The second-order valence-electron chi connectivity index (χ2n) is 5.53. The average molecular weight is 387 g/mol. The molecule has 0 aliphatic carbocycles. The fourth-order valence-corrected chi connectivity index (χ4v) is 2.44. The highest BCUT2D eigenvalue weighted by atomic mass is 35.5. The van der Waals surface area contributed by atoms with Crippen molar-refractivity contribution in [1.29, 1.82) is 0 Å². The predicted octanol–water partition coefficient (Wildman–Crippen LogP) is 5.07. The Morgan fingerprint density at radius 3 is 2.44 bits per heavy atom. The van der Waals surface area contributed by atoms with E-state index in [1.807, 2.05) is 0 Å². The third kappa shape index (κ3) is 5.69. The number of amides is 1. The molecule has 0 radical (unpaired) electrons. The van der Waals surface area contributed by atoms with Gasteiger partial charge in [-0.3, -0.25) is 9.78 Å². The van der Waals surface area contributed by atoms with Gasteiger partial charge in [-0.25, -0.2) is 4.39 Å². The van der Waals surface area contributed by atoms with Crippen molar-refractivity contribution in [2.75, 3.05) is 11.9 Å². The molecule has 0 atom stereocenters. The first-order chi connectivity index (χ1) is 13.1. The lowest BCUT2D eigenvalue weighted by Gasteiger charge is -2.09. The molecule has 7 heteroatoms. The van der Waals surface area contributed by atoms with Crippen LogP contribution in [0.5, 0.6) is 17.2 Å². The molecule has 1 aromatic heterocycles. The van der Waals surface area contributed by atoms with E-state index in [1.165, 1.54) is 12.1 Å². The fourth-order valence-electron chi connectivity index (χ4n) is 2.22. The van der Waals surface area contributed by atoms with Crippen molar-refractivity contribution in [1.82, 2.24) is 4.98 Å². The van der Waals surface area contributed by atoms with Crippen LogP contribution in [-0.2, 0) is 4.79 Å². The fraction of sp³-hybridized carbons (Fsp3) is 0.100. The van der Waals surface area contributed by atoms with Crippen LogP contribution in [0.1, 0.15) is 6.42 Å². The Hall–Kier alpha value is -3.12. The molecule has 2 aromatic carbocycles. The van der Waals surface area contributed by atoms with E-state index < -0.39 is 5.82 Å². The molecule has 5 nitrogen and oxygen atoms in total. The van der Waals surface area contributed by atoms with Crippen LogP contribution in [0.3, 0.4) is 0 Å². The number of hydrogen-bond donors (Lipinski definition) is 1. The number of nitrogens with zero attached hydrogens (tertiary/aromatic N) is 1. The third-order valence-electron chi connectivity index (χ3n) is 3.50. The lowest BCUT2D eigenvalue weighted by Crippen LogP contribution is -2.15. The Kier molecular flexibility index (Phi) is 6.22. The number of rotatable bonds is 7. The van der Waals surface area contributed by atoms with Gasteiger partial charge in [-0.2, -0.15) is 0 Å². The maximum atomic E-state index is 13.0. The quantitative estimate of drug-likeness (QED) is 0.615. The summed E-state index contributed by atoms with van der Waals surface area (Å²) in [4.78, 5) is 15.9. The first-order valence-electron chi connectivity index (χ1n) is 8.16. The molecule has 1 N–H and O–H groups in total. The summed E-state index contributed by atoms with van der Waals surface area (Å²) in [6, 6.07) is 14.3. The summed E-state index contributed by atoms with van der Waals surface area (Å²) in [6.07, 6.45) is 3.42. The minimum absolute atomic E-state index is 0.125. The van der Waals surface area contributed by atoms with Crippen molar-refractivity contribution in [2.45, 2.75) is 6.42 Å². The number of ether oxygens (including phenoxy) is 2. The molecule has 0 unspecified atom stereocenters. The van der Waals surface area contributed by atoms with E-state index >= 15 is 0 Å². The molecule has 1 amide bonds. The van der Waals surface area contributed by atoms with Crippen LogP contribution in [0.25, 0.3) is 0 Å². The van der Waals surface area contributed by atoms with E-state index in [9.17, 15) is 9.18 Å². The van der Waals surface area contributed by atoms with E-state index in [4.69, 9.17) is 21.1 Å². The van der Waals surface area contributed by atoms with Gasteiger partial charge in [0.2, 0.25) is 5.91 Å². The summed E-state index contributed by atoms with van der Waals surface area (Å²) in [7, 11) is 0. The Balaban J connectivity index is 1.46. The molecule has 3 rings (SSSR count). The summed E-state index contributed by atoms with van der Waals surface area (Å²) < 4.78 is 24.0. The molecular weight excluding hydrogens is 371 g/mol. The summed E-state index contributed by atoms with van der Waals surface area (Å²) in [6.45, 7) is 0.125. The second kappa shape index (κ2) is 9.00. The minimum atomic E-state index is -0.443. The zero-order valence-corrected chi connectivity index (χ0v) is 14.9. The first-order valence-corrected chi connectivity index (χ1v) is 8.53. The van der Waals surface area contributed by atoms with Gasteiger partial charge in [0.05, 0.1) is 18.1 Å². The van der Waals surface area contributed by atoms with Gasteiger partial charge in [0.15, 0.2) is 0 Å². The number of carbonyl (C=O) groups excluding carboxylic acids is 1. The molecule has 27 heavy (non-hydrogen) atoms. The maximum Gasteiger partial charge on any atom is 0.227 e. The Morgan fingerprint density at radius 1 is 1.04 bits per heavy atom. The number of pyridine rings is 1. The topological polar surface area (TPSA) is 60.5 Å². The lowest BCUT2D eigenvalue weighted by molar-refractivity contribution is -0.116. The molecule has 0 spiro atoms. The molecule has 0 bridgehead atoms. The number of hydrogen-bond acceptors (Lipinski definition) is 4. The van der Waals surface area contributed by atoms with E-state index in [0.717, 1.165) is 6.07 Å². The van der Waals surface area contributed by atoms with Gasteiger partial charge in [0.25, 0.3) is 0 Å². The van der Waals surface area contributed by atoms with E-state index in [0.29, 0.717) is 22.9 Å². The van der Waals surface area contributed by atoms with Crippen LogP contribution in [0, 0.1) is 5.82 Å². The van der Waals surface area contributed by atoms with Crippen molar-refractivity contribution in [3.05, 3.63) is 77.8 Å². The molecule has 0 aliphatic heterocycles. The Labute approximate surface area is 160 Å². The maximum absolute atomic E-state index is 13.0. The van der Waals surface area contributed by atoms with Crippen LogP contribution in [0.15, 0.2) is 67.0 Å². The van der Waals surface area contributed by atoms with Crippen LogP contribution < -0.4 is 14.8 Å². The van der Waals surface area contributed by atoms with Gasteiger partial charge in [0, 0.05) is 18.1 Å². The van der Waals surface area contributed by atoms with Crippen molar-refractivity contribution in [3.8, 4) is 17.2 Å². The summed E-state index contributed by atoms with van der Waals surface area (Å²) in [5, 5.41) is 2.93. The summed E-state index contributed by atoms with van der Waals surface area (Å²) >= 11 is 5.87. The second-order valence-corrected chi connectivity index (χ2v) is 5.94. The van der Waals surface area contributed by atoms with Crippen LogP contribution >= 0.6 is 11.6 Å². The normalized spacial score (nSPS) is 10.3. The molecule has 1 heterocycles. The standard InChI is InChI=1S/C20H16ClFN2O3/c21-18-13-14(22)1-6-19(18)26-12-9-20(25)24-15-2-4-16(5-3-15)27-17-7-10-23-11-8-17/h1-8,10-11,13H,9,12H2,(H,24,25). The average Bonchev–Trinajstić information content (AvgIpc) is 2.66. The zero-order valence-electron chi connectivity index (χ0n) is 14.2. The highest BCUT2D eigenvalue weighted by molar-refractivity contribution is 6.32. The highest BCUT2D eigenvalue weighted by Crippen LogP contribution is 2.25. The number of anilines is 1. The molecule has 138 valence electrons. The molecule has 0 saturated carbocycles. The largest absolute Gasteiger partial charge is 0.491 e. The lowest BCUT2D eigenvalue weighted by atomic mass is 10.3.